The zero-order valence-electron chi connectivity index (χ0n) is 8.94. The molecule has 0 aliphatic carbocycles. The van der Waals surface area contributed by atoms with Crippen LogP contribution in [0.3, 0.4) is 0 Å². The molecule has 16 heavy (non-hydrogen) atoms. The van der Waals surface area contributed by atoms with Crippen LogP contribution in [0.5, 0.6) is 0 Å². The van der Waals surface area contributed by atoms with Crippen LogP contribution >= 0.6 is 0 Å². The van der Waals surface area contributed by atoms with Crippen molar-refractivity contribution < 1.29 is 4.39 Å². The molecule has 0 saturated carbocycles. The minimum atomic E-state index is -0.325. The summed E-state index contributed by atoms with van der Waals surface area (Å²) in [5.41, 5.74) is 6.04. The Hall–Kier alpha value is -1.75. The van der Waals surface area contributed by atoms with Crippen molar-refractivity contribution in [1.29, 1.82) is 0 Å². The fourth-order valence-electron chi connectivity index (χ4n) is 1.45. The molecular weight excluding hydrogens is 207 g/mol. The molecule has 0 saturated heterocycles. The highest BCUT2D eigenvalue weighted by molar-refractivity contribution is 5.55. The van der Waals surface area contributed by atoms with Crippen LogP contribution in [0.15, 0.2) is 24.3 Å². The molecule has 3 N–H and O–H groups in total. The summed E-state index contributed by atoms with van der Waals surface area (Å²) in [6, 6.07) is 6.42. The Morgan fingerprint density at radius 2 is 2.19 bits per heavy atom. The average molecular weight is 220 g/mol. The Bertz CT molecular complexity index is 478. The number of halogens is 1. The van der Waals surface area contributed by atoms with E-state index in [2.05, 4.69) is 15.2 Å². The van der Waals surface area contributed by atoms with Crippen molar-refractivity contribution in [2.45, 2.75) is 19.4 Å². The molecule has 0 aliphatic rings. The summed E-state index contributed by atoms with van der Waals surface area (Å²) in [6.45, 7) is 1.88. The standard InChI is InChI=1S/C11H13FN4/c1-7(13)6-10-14-11(16-15-10)8-4-2-3-5-9(8)12/h2-5,7H,6,13H2,1H3,(H,14,15,16). The van der Waals surface area contributed by atoms with Crippen LogP contribution < -0.4 is 5.73 Å². The fourth-order valence-corrected chi connectivity index (χ4v) is 1.45. The highest BCUT2D eigenvalue weighted by Gasteiger charge is 2.10. The molecule has 0 bridgehead atoms. The number of benzene rings is 1. The van der Waals surface area contributed by atoms with Gasteiger partial charge in [-0.05, 0) is 19.1 Å². The summed E-state index contributed by atoms with van der Waals surface area (Å²) in [5, 5.41) is 6.72. The summed E-state index contributed by atoms with van der Waals surface area (Å²) >= 11 is 0. The van der Waals surface area contributed by atoms with Gasteiger partial charge in [-0.1, -0.05) is 12.1 Å². The smallest absolute Gasteiger partial charge is 0.184 e. The molecule has 2 rings (SSSR count). The van der Waals surface area contributed by atoms with Crippen LogP contribution in [0.25, 0.3) is 11.4 Å². The quantitative estimate of drug-likeness (QED) is 0.823. The summed E-state index contributed by atoms with van der Waals surface area (Å²) in [4.78, 5) is 4.19. The molecule has 0 aliphatic heterocycles. The zero-order chi connectivity index (χ0) is 11.5. The van der Waals surface area contributed by atoms with E-state index in [-0.39, 0.29) is 11.9 Å². The van der Waals surface area contributed by atoms with E-state index in [4.69, 9.17) is 5.73 Å². The van der Waals surface area contributed by atoms with Crippen LogP contribution in [0.2, 0.25) is 0 Å². The molecule has 4 nitrogen and oxygen atoms in total. The highest BCUT2D eigenvalue weighted by atomic mass is 19.1. The lowest BCUT2D eigenvalue weighted by Crippen LogP contribution is -2.18. The van der Waals surface area contributed by atoms with Crippen molar-refractivity contribution >= 4 is 0 Å². The lowest BCUT2D eigenvalue weighted by Gasteiger charge is -1.99. The second-order valence-corrected chi connectivity index (χ2v) is 3.77. The maximum absolute atomic E-state index is 13.4. The van der Waals surface area contributed by atoms with Crippen molar-refractivity contribution in [2.75, 3.05) is 0 Å². The lowest BCUT2D eigenvalue weighted by atomic mass is 10.2. The number of aromatic nitrogens is 3. The van der Waals surface area contributed by atoms with E-state index >= 15 is 0 Å². The van der Waals surface area contributed by atoms with E-state index in [1.54, 1.807) is 18.2 Å². The Balaban J connectivity index is 2.28. The summed E-state index contributed by atoms with van der Waals surface area (Å²) < 4.78 is 13.4. The molecule has 1 aromatic heterocycles. The van der Waals surface area contributed by atoms with Crippen molar-refractivity contribution in [3.63, 3.8) is 0 Å². The SMILES string of the molecule is CC(N)Cc1nc(-c2ccccc2F)n[nH]1. The Morgan fingerprint density at radius 3 is 2.88 bits per heavy atom. The van der Waals surface area contributed by atoms with Crippen LogP contribution in [0.1, 0.15) is 12.7 Å². The van der Waals surface area contributed by atoms with E-state index in [1.165, 1.54) is 6.07 Å². The van der Waals surface area contributed by atoms with Gasteiger partial charge in [0.15, 0.2) is 5.82 Å². The van der Waals surface area contributed by atoms with Gasteiger partial charge in [-0.25, -0.2) is 9.37 Å². The van der Waals surface area contributed by atoms with Crippen molar-refractivity contribution in [2.24, 2.45) is 5.73 Å². The maximum Gasteiger partial charge on any atom is 0.184 e. The van der Waals surface area contributed by atoms with E-state index in [0.717, 1.165) is 0 Å². The number of aromatic amines is 1. The maximum atomic E-state index is 13.4. The third-order valence-electron chi connectivity index (χ3n) is 2.16. The van der Waals surface area contributed by atoms with Crippen molar-refractivity contribution in [3.8, 4) is 11.4 Å². The topological polar surface area (TPSA) is 67.6 Å². The van der Waals surface area contributed by atoms with Crippen LogP contribution in [-0.4, -0.2) is 21.2 Å². The first kappa shape index (κ1) is 10.8. The number of rotatable bonds is 3. The molecule has 2 aromatic rings. The van der Waals surface area contributed by atoms with E-state index in [0.29, 0.717) is 23.6 Å². The first-order valence-electron chi connectivity index (χ1n) is 5.08. The normalized spacial score (nSPS) is 12.7. The summed E-state index contributed by atoms with van der Waals surface area (Å²) in [6.07, 6.45) is 0.599. The third kappa shape index (κ3) is 2.25. The molecule has 0 spiro atoms. The van der Waals surface area contributed by atoms with Crippen LogP contribution in [-0.2, 0) is 6.42 Å². The van der Waals surface area contributed by atoms with Crippen LogP contribution in [0.4, 0.5) is 4.39 Å². The molecular formula is C11H13FN4. The molecule has 84 valence electrons. The van der Waals surface area contributed by atoms with Gasteiger partial charge in [0.1, 0.15) is 11.6 Å². The van der Waals surface area contributed by atoms with Gasteiger partial charge in [0.25, 0.3) is 0 Å². The molecule has 0 radical (unpaired) electrons. The van der Waals surface area contributed by atoms with E-state index < -0.39 is 0 Å². The van der Waals surface area contributed by atoms with Gasteiger partial charge in [0.2, 0.25) is 0 Å². The number of nitrogens with zero attached hydrogens (tertiary/aromatic N) is 2. The summed E-state index contributed by atoms with van der Waals surface area (Å²) in [7, 11) is 0. The van der Waals surface area contributed by atoms with Gasteiger partial charge < -0.3 is 5.73 Å². The molecule has 1 aromatic carbocycles. The van der Waals surface area contributed by atoms with Gasteiger partial charge in [-0.3, -0.25) is 5.10 Å². The largest absolute Gasteiger partial charge is 0.328 e. The number of H-pyrrole nitrogens is 1. The van der Waals surface area contributed by atoms with E-state index in [1.807, 2.05) is 6.92 Å². The second-order valence-electron chi connectivity index (χ2n) is 3.77. The minimum absolute atomic E-state index is 0.00132. The molecule has 0 amide bonds. The van der Waals surface area contributed by atoms with Crippen molar-refractivity contribution in [1.82, 2.24) is 15.2 Å². The van der Waals surface area contributed by atoms with Gasteiger partial charge in [0.05, 0.1) is 5.56 Å². The summed E-state index contributed by atoms with van der Waals surface area (Å²) in [5.74, 6) is 0.718. The molecule has 1 unspecified atom stereocenters. The van der Waals surface area contributed by atoms with E-state index in [9.17, 15) is 4.39 Å². The number of hydrogen-bond donors (Lipinski definition) is 2. The first-order valence-corrected chi connectivity index (χ1v) is 5.08. The minimum Gasteiger partial charge on any atom is -0.328 e. The predicted octanol–water partition coefficient (Wildman–Crippen LogP) is 1.50. The molecule has 1 heterocycles. The van der Waals surface area contributed by atoms with Gasteiger partial charge >= 0.3 is 0 Å². The third-order valence-corrected chi connectivity index (χ3v) is 2.16. The number of nitrogens with two attached hydrogens (primary N) is 1. The van der Waals surface area contributed by atoms with Crippen molar-refractivity contribution in [3.05, 3.63) is 35.9 Å². The van der Waals surface area contributed by atoms with Gasteiger partial charge in [-0.2, -0.15) is 5.10 Å². The molecule has 5 heteroatoms. The average Bonchev–Trinajstić information content (AvgIpc) is 2.66. The van der Waals surface area contributed by atoms with Crippen LogP contribution in [0, 0.1) is 5.82 Å². The second kappa shape index (κ2) is 4.40. The van der Waals surface area contributed by atoms with Gasteiger partial charge in [-0.15, -0.1) is 0 Å². The number of hydrogen-bond acceptors (Lipinski definition) is 3. The Morgan fingerprint density at radius 1 is 1.44 bits per heavy atom. The number of nitrogens with one attached hydrogen (secondary N) is 1. The predicted molar refractivity (Wildman–Crippen MR) is 59.1 cm³/mol. The molecule has 0 fully saturated rings. The monoisotopic (exact) mass is 220 g/mol. The Labute approximate surface area is 92.7 Å². The first-order chi connectivity index (χ1) is 7.66. The molecule has 1 atom stereocenters. The highest BCUT2D eigenvalue weighted by Crippen LogP contribution is 2.18. The fraction of sp³-hybridized carbons (Fsp3) is 0.273. The lowest BCUT2D eigenvalue weighted by molar-refractivity contribution is 0.630. The Kier molecular flexibility index (Phi) is 2.96. The zero-order valence-corrected chi connectivity index (χ0v) is 8.94. The van der Waals surface area contributed by atoms with Gasteiger partial charge in [0, 0.05) is 12.5 Å².